The highest BCUT2D eigenvalue weighted by atomic mass is 32.2. The molecular weight excluding hydrogens is 174 g/mol. The Morgan fingerprint density at radius 3 is 2.64 bits per heavy atom. The van der Waals surface area contributed by atoms with E-state index in [9.17, 15) is 0 Å². The summed E-state index contributed by atoms with van der Waals surface area (Å²) in [7, 11) is 0. The van der Waals surface area contributed by atoms with Crippen molar-refractivity contribution in [1.82, 2.24) is 5.32 Å². The van der Waals surface area contributed by atoms with Crippen molar-refractivity contribution in [2.75, 3.05) is 24.6 Å². The van der Waals surface area contributed by atoms with E-state index in [4.69, 9.17) is 0 Å². The largest absolute Gasteiger partial charge is 0.316 e. The predicted molar refractivity (Wildman–Crippen MR) is 54.3 cm³/mol. The average molecular weight is 189 g/mol. The van der Waals surface area contributed by atoms with Crippen LogP contribution in [0.4, 0.5) is 0 Å². The van der Waals surface area contributed by atoms with Crippen LogP contribution in [0.3, 0.4) is 0 Å². The first-order valence-corrected chi connectivity index (χ1v) is 6.50. The third-order valence-corrected chi connectivity index (χ3v) is 5.75. The fraction of sp³-hybridized carbons (Fsp3) is 1.00. The van der Waals surface area contributed by atoms with Crippen LogP contribution >= 0.6 is 23.5 Å². The van der Waals surface area contributed by atoms with Crippen molar-refractivity contribution in [3.05, 3.63) is 0 Å². The molecule has 0 aromatic carbocycles. The van der Waals surface area contributed by atoms with Crippen LogP contribution in [0.2, 0.25) is 0 Å². The van der Waals surface area contributed by atoms with Gasteiger partial charge in [0.15, 0.2) is 0 Å². The number of piperidine rings is 1. The fourth-order valence-corrected chi connectivity index (χ4v) is 4.97. The second-order valence-corrected chi connectivity index (χ2v) is 6.01. The molecule has 0 spiro atoms. The third kappa shape index (κ3) is 2.07. The van der Waals surface area contributed by atoms with Gasteiger partial charge in [0.25, 0.3) is 0 Å². The standard InChI is InChI=1S/C8H15NS2/c1-2-7(6-9-3-1)8-10-4-5-11-8/h7-9H,1-6H2. The molecule has 1 nitrogen and oxygen atoms in total. The molecule has 3 heteroatoms. The SMILES string of the molecule is C1CNCC(C2SCCS2)C1. The van der Waals surface area contributed by atoms with E-state index in [1.165, 1.54) is 37.4 Å². The zero-order valence-electron chi connectivity index (χ0n) is 6.71. The van der Waals surface area contributed by atoms with Gasteiger partial charge in [0.2, 0.25) is 0 Å². The minimum Gasteiger partial charge on any atom is -0.316 e. The molecule has 2 heterocycles. The normalized spacial score (nSPS) is 34.4. The zero-order chi connectivity index (χ0) is 7.52. The summed E-state index contributed by atoms with van der Waals surface area (Å²) in [5.41, 5.74) is 0. The molecule has 0 radical (unpaired) electrons. The van der Waals surface area contributed by atoms with Crippen molar-refractivity contribution in [2.24, 2.45) is 5.92 Å². The van der Waals surface area contributed by atoms with E-state index >= 15 is 0 Å². The van der Waals surface area contributed by atoms with Crippen LogP contribution in [0, 0.1) is 5.92 Å². The lowest BCUT2D eigenvalue weighted by Gasteiger charge is -2.26. The third-order valence-electron chi connectivity index (χ3n) is 2.37. The molecule has 1 N–H and O–H groups in total. The summed E-state index contributed by atoms with van der Waals surface area (Å²) >= 11 is 4.34. The lowest BCUT2D eigenvalue weighted by Crippen LogP contribution is -2.33. The average Bonchev–Trinajstić information content (AvgIpc) is 2.58. The van der Waals surface area contributed by atoms with Gasteiger partial charge in [0, 0.05) is 11.5 Å². The summed E-state index contributed by atoms with van der Waals surface area (Å²) < 4.78 is 0.919. The highest BCUT2D eigenvalue weighted by molar-refractivity contribution is 8.20. The number of hydrogen-bond acceptors (Lipinski definition) is 3. The molecule has 11 heavy (non-hydrogen) atoms. The number of nitrogens with one attached hydrogen (secondary N) is 1. The first-order chi connectivity index (χ1) is 5.47. The molecule has 0 aliphatic carbocycles. The van der Waals surface area contributed by atoms with Crippen LogP contribution in [0.25, 0.3) is 0 Å². The molecule has 0 aromatic rings. The second-order valence-electron chi connectivity index (χ2n) is 3.22. The molecule has 2 aliphatic rings. The van der Waals surface area contributed by atoms with E-state index in [1.807, 2.05) is 0 Å². The Bertz CT molecular complexity index is 117. The van der Waals surface area contributed by atoms with Gasteiger partial charge in [-0.15, -0.1) is 23.5 Å². The van der Waals surface area contributed by atoms with Crippen molar-refractivity contribution in [3.8, 4) is 0 Å². The first-order valence-electron chi connectivity index (χ1n) is 4.41. The lowest BCUT2D eigenvalue weighted by atomic mass is 10.0. The van der Waals surface area contributed by atoms with Crippen molar-refractivity contribution >= 4 is 23.5 Å². The Hall–Kier alpha value is 0.660. The van der Waals surface area contributed by atoms with Crippen LogP contribution in [-0.4, -0.2) is 29.2 Å². The molecule has 0 amide bonds. The van der Waals surface area contributed by atoms with Crippen molar-refractivity contribution in [2.45, 2.75) is 17.4 Å². The summed E-state index contributed by atoms with van der Waals surface area (Å²) in [6.07, 6.45) is 2.85. The van der Waals surface area contributed by atoms with Gasteiger partial charge in [0.05, 0.1) is 4.58 Å². The topological polar surface area (TPSA) is 12.0 Å². The van der Waals surface area contributed by atoms with Crippen LogP contribution in [0.1, 0.15) is 12.8 Å². The van der Waals surface area contributed by atoms with Gasteiger partial charge in [-0.3, -0.25) is 0 Å². The second kappa shape index (κ2) is 4.06. The van der Waals surface area contributed by atoms with Gasteiger partial charge in [-0.25, -0.2) is 0 Å². The molecule has 2 fully saturated rings. The van der Waals surface area contributed by atoms with Crippen molar-refractivity contribution < 1.29 is 0 Å². The zero-order valence-corrected chi connectivity index (χ0v) is 8.35. The van der Waals surface area contributed by atoms with Crippen LogP contribution in [0.5, 0.6) is 0 Å². The Balaban J connectivity index is 1.82. The van der Waals surface area contributed by atoms with Gasteiger partial charge in [-0.05, 0) is 31.8 Å². The van der Waals surface area contributed by atoms with Crippen molar-refractivity contribution in [1.29, 1.82) is 0 Å². The molecule has 2 aliphatic heterocycles. The molecule has 0 saturated carbocycles. The highest BCUT2D eigenvalue weighted by Crippen LogP contribution is 2.39. The van der Waals surface area contributed by atoms with Gasteiger partial charge >= 0.3 is 0 Å². The smallest absolute Gasteiger partial charge is 0.0543 e. The quantitative estimate of drug-likeness (QED) is 0.675. The van der Waals surface area contributed by atoms with E-state index in [0.29, 0.717) is 0 Å². The monoisotopic (exact) mass is 189 g/mol. The van der Waals surface area contributed by atoms with E-state index in [-0.39, 0.29) is 0 Å². The molecule has 2 saturated heterocycles. The van der Waals surface area contributed by atoms with E-state index in [0.717, 1.165) is 10.5 Å². The maximum atomic E-state index is 3.49. The van der Waals surface area contributed by atoms with Gasteiger partial charge < -0.3 is 5.32 Å². The maximum absolute atomic E-state index is 3.49. The van der Waals surface area contributed by atoms with Gasteiger partial charge in [-0.1, -0.05) is 0 Å². The summed E-state index contributed by atoms with van der Waals surface area (Å²) in [6, 6.07) is 0. The van der Waals surface area contributed by atoms with E-state index < -0.39 is 0 Å². The molecule has 1 atom stereocenters. The van der Waals surface area contributed by atoms with Gasteiger partial charge in [0.1, 0.15) is 0 Å². The summed E-state index contributed by atoms with van der Waals surface area (Å²) in [5, 5.41) is 3.49. The van der Waals surface area contributed by atoms with E-state index in [1.54, 1.807) is 0 Å². The predicted octanol–water partition coefficient (Wildman–Crippen LogP) is 1.79. The van der Waals surface area contributed by atoms with Gasteiger partial charge in [-0.2, -0.15) is 0 Å². The highest BCUT2D eigenvalue weighted by Gasteiger charge is 2.26. The summed E-state index contributed by atoms with van der Waals surface area (Å²) in [6.45, 7) is 2.52. The first kappa shape index (κ1) is 8.27. The molecule has 0 bridgehead atoms. The fourth-order valence-electron chi connectivity index (χ4n) is 1.76. The Labute approximate surface area is 77.1 Å². The molecular formula is C8H15NS2. The summed E-state index contributed by atoms with van der Waals surface area (Å²) in [4.78, 5) is 0. The molecule has 1 unspecified atom stereocenters. The van der Waals surface area contributed by atoms with E-state index in [2.05, 4.69) is 28.8 Å². The Morgan fingerprint density at radius 1 is 1.18 bits per heavy atom. The number of thioether (sulfide) groups is 2. The minimum absolute atomic E-state index is 0.919. The van der Waals surface area contributed by atoms with Crippen LogP contribution in [-0.2, 0) is 0 Å². The molecule has 0 aromatic heterocycles. The minimum atomic E-state index is 0.919. The maximum Gasteiger partial charge on any atom is 0.0543 e. The van der Waals surface area contributed by atoms with Crippen LogP contribution < -0.4 is 5.32 Å². The van der Waals surface area contributed by atoms with Crippen molar-refractivity contribution in [3.63, 3.8) is 0 Å². The van der Waals surface area contributed by atoms with Crippen LogP contribution in [0.15, 0.2) is 0 Å². The summed E-state index contributed by atoms with van der Waals surface area (Å²) in [5.74, 6) is 3.72. The molecule has 64 valence electrons. The lowest BCUT2D eigenvalue weighted by molar-refractivity contribution is 0.401. The number of hydrogen-bond donors (Lipinski definition) is 1. The molecule has 2 rings (SSSR count). The Kier molecular flexibility index (Phi) is 3.05. The number of rotatable bonds is 1. The Morgan fingerprint density at radius 2 is 2.00 bits per heavy atom.